The molecule has 0 rings (SSSR count). The summed E-state index contributed by atoms with van der Waals surface area (Å²) in [5, 5.41) is -1.29. The van der Waals surface area contributed by atoms with Gasteiger partial charge in [-0.1, -0.05) is 118 Å². The van der Waals surface area contributed by atoms with Crippen LogP contribution in [0.25, 0.3) is 0 Å². The molecule has 0 aromatic carbocycles. The van der Waals surface area contributed by atoms with E-state index in [1.165, 1.54) is 0 Å². The van der Waals surface area contributed by atoms with E-state index < -0.39 is 30.7 Å². The molecule has 196 valence electrons. The zero-order valence-corrected chi connectivity index (χ0v) is 27.9. The van der Waals surface area contributed by atoms with Crippen LogP contribution in [0.5, 0.6) is 0 Å². The fourth-order valence-electron chi connectivity index (χ4n) is 3.71. The van der Waals surface area contributed by atoms with Crippen molar-refractivity contribution in [3.05, 3.63) is 0 Å². The van der Waals surface area contributed by atoms with Crippen LogP contribution in [-0.4, -0.2) is 85.3 Å². The van der Waals surface area contributed by atoms with Gasteiger partial charge < -0.3 is 9.11 Å². The minimum atomic E-state index is -4.08. The van der Waals surface area contributed by atoms with Crippen molar-refractivity contribution in [2.75, 3.05) is 0 Å². The van der Waals surface area contributed by atoms with E-state index in [1.54, 1.807) is 0 Å². The van der Waals surface area contributed by atoms with Crippen molar-refractivity contribution in [3.63, 3.8) is 0 Å². The van der Waals surface area contributed by atoms with Crippen molar-refractivity contribution in [1.82, 2.24) is 0 Å². The summed E-state index contributed by atoms with van der Waals surface area (Å²) in [4.78, 5) is 0. The zero-order chi connectivity index (χ0) is 24.9. The van der Waals surface area contributed by atoms with Gasteiger partial charge in [0.1, 0.15) is 0 Å². The van der Waals surface area contributed by atoms with Gasteiger partial charge in [0, 0.05) is 10.5 Å². The van der Waals surface area contributed by atoms with E-state index in [0.29, 0.717) is 25.7 Å². The zero-order valence-electron chi connectivity index (χ0n) is 21.9. The summed E-state index contributed by atoms with van der Waals surface area (Å²) >= 11 is 0. The first-order valence-corrected chi connectivity index (χ1v) is 15.9. The summed E-state index contributed by atoms with van der Waals surface area (Å²) in [6.45, 7) is 8.37. The van der Waals surface area contributed by atoms with E-state index in [4.69, 9.17) is 0 Å². The van der Waals surface area contributed by atoms with Crippen LogP contribution in [0.3, 0.4) is 0 Å². The van der Waals surface area contributed by atoms with Gasteiger partial charge in [-0.3, -0.25) is 0 Å². The quantitative estimate of drug-likeness (QED) is 0.0855. The summed E-state index contributed by atoms with van der Waals surface area (Å²) in [5.41, 5.74) is 0. The molecule has 0 saturated carbocycles. The Morgan fingerprint density at radius 2 is 0.667 bits per heavy atom. The first-order valence-electron chi connectivity index (χ1n) is 12.9. The Morgan fingerprint density at radius 3 is 0.879 bits per heavy atom. The Kier molecular flexibility index (Phi) is 29.5. The molecule has 0 amide bonds. The van der Waals surface area contributed by atoms with Gasteiger partial charge in [0.2, 0.25) is 0 Å². The van der Waals surface area contributed by atoms with Crippen LogP contribution < -0.4 is 0 Å². The van der Waals surface area contributed by atoms with Crippen molar-refractivity contribution in [2.24, 2.45) is 0 Å². The SMILES string of the molecule is CCCCCCC(CCCCC)S(=O)(=O)[O-].CCCCCCC(CCCCC)S(=O)(=O)[O-].[Ba+2]. The summed E-state index contributed by atoms with van der Waals surface area (Å²) in [5.74, 6) is 0. The third-order valence-corrected chi connectivity index (χ3v) is 8.41. The molecule has 0 radical (unpaired) electrons. The second-order valence-corrected chi connectivity index (χ2v) is 12.2. The molecule has 0 spiro atoms. The third kappa shape index (κ3) is 26.3. The summed E-state index contributed by atoms with van der Waals surface area (Å²) in [6, 6.07) is 0. The van der Waals surface area contributed by atoms with Crippen LogP contribution in [0.1, 0.15) is 143 Å². The fraction of sp³-hybridized carbons (Fsp3) is 1.00. The second-order valence-electron chi connectivity index (χ2n) is 8.92. The first kappa shape index (κ1) is 38.9. The van der Waals surface area contributed by atoms with Crippen LogP contribution in [-0.2, 0) is 20.2 Å². The molecule has 0 aromatic rings. The maximum atomic E-state index is 11.0. The monoisotopic (exact) mass is 636 g/mol. The predicted molar refractivity (Wildman–Crippen MR) is 139 cm³/mol. The average molecular weight is 636 g/mol. The van der Waals surface area contributed by atoms with E-state index in [0.717, 1.165) is 89.9 Å². The Bertz CT molecular complexity index is 554. The normalized spacial score (nSPS) is 13.5. The maximum absolute atomic E-state index is 11.0. The first-order chi connectivity index (χ1) is 15.0. The van der Waals surface area contributed by atoms with E-state index in [1.807, 2.05) is 0 Å². The third-order valence-electron chi connectivity index (χ3n) is 5.84. The second kappa shape index (κ2) is 25.1. The molecule has 6 nitrogen and oxygen atoms in total. The molecule has 0 fully saturated rings. The fourth-order valence-corrected chi connectivity index (χ4v) is 5.53. The predicted octanol–water partition coefficient (Wildman–Crippen LogP) is 6.52. The van der Waals surface area contributed by atoms with E-state index in [2.05, 4.69) is 27.7 Å². The van der Waals surface area contributed by atoms with Crippen LogP contribution in [0, 0.1) is 0 Å². The molecule has 0 heterocycles. The molecule has 0 saturated heterocycles. The molecule has 0 aromatic heterocycles. The number of rotatable bonds is 20. The largest absolute Gasteiger partial charge is 2.00 e. The van der Waals surface area contributed by atoms with Crippen molar-refractivity contribution >= 4 is 69.1 Å². The Labute approximate surface area is 246 Å². The van der Waals surface area contributed by atoms with Crippen molar-refractivity contribution < 1.29 is 25.9 Å². The smallest absolute Gasteiger partial charge is 0.748 e. The number of hydrogen-bond acceptors (Lipinski definition) is 6. The number of unbranched alkanes of at least 4 members (excludes halogenated alkanes) is 10. The molecule has 0 N–H and O–H groups in total. The molecular formula is C24H50BaO6S2. The minimum absolute atomic E-state index is 0. The molecule has 0 aliphatic rings. The van der Waals surface area contributed by atoms with Gasteiger partial charge in [-0.05, 0) is 25.7 Å². The van der Waals surface area contributed by atoms with Gasteiger partial charge in [0.05, 0.1) is 20.2 Å². The maximum Gasteiger partial charge on any atom is 2.00 e. The van der Waals surface area contributed by atoms with Crippen LogP contribution in [0.4, 0.5) is 0 Å². The topological polar surface area (TPSA) is 114 Å². The van der Waals surface area contributed by atoms with Gasteiger partial charge in [0.15, 0.2) is 0 Å². The summed E-state index contributed by atoms with van der Waals surface area (Å²) in [6.07, 6.45) is 16.4. The van der Waals surface area contributed by atoms with Crippen molar-refractivity contribution in [2.45, 2.75) is 154 Å². The van der Waals surface area contributed by atoms with Gasteiger partial charge >= 0.3 is 48.9 Å². The molecule has 33 heavy (non-hydrogen) atoms. The van der Waals surface area contributed by atoms with E-state index >= 15 is 0 Å². The van der Waals surface area contributed by atoms with Gasteiger partial charge in [-0.2, -0.15) is 0 Å². The van der Waals surface area contributed by atoms with Gasteiger partial charge in [-0.25, -0.2) is 16.8 Å². The van der Waals surface area contributed by atoms with Gasteiger partial charge in [0.25, 0.3) is 0 Å². The molecule has 9 heteroatoms. The summed E-state index contributed by atoms with van der Waals surface area (Å²) < 4.78 is 66.2. The van der Waals surface area contributed by atoms with Crippen molar-refractivity contribution in [1.29, 1.82) is 0 Å². The van der Waals surface area contributed by atoms with E-state index in [9.17, 15) is 25.9 Å². The Morgan fingerprint density at radius 1 is 0.455 bits per heavy atom. The Balaban J connectivity index is -0.000000529. The molecule has 0 aliphatic heterocycles. The molecule has 2 atom stereocenters. The van der Waals surface area contributed by atoms with Crippen LogP contribution in [0.2, 0.25) is 0 Å². The van der Waals surface area contributed by atoms with Gasteiger partial charge in [-0.15, -0.1) is 0 Å². The Hall–Kier alpha value is 1.39. The standard InChI is InChI=1S/2C12H26O3S.Ba/c2*1-3-5-7-9-11-12(16(13,14)15)10-8-6-4-2;/h2*12H,3-11H2,1-2H3,(H,13,14,15);/q;;+2/p-2. The molecule has 0 bridgehead atoms. The van der Waals surface area contributed by atoms with Crippen molar-refractivity contribution in [3.8, 4) is 0 Å². The van der Waals surface area contributed by atoms with E-state index in [-0.39, 0.29) is 48.9 Å². The summed E-state index contributed by atoms with van der Waals surface area (Å²) in [7, 11) is -8.17. The average Bonchev–Trinajstić information content (AvgIpc) is 2.70. The number of hydrogen-bond donors (Lipinski definition) is 0. The molecule has 2 unspecified atom stereocenters. The molecule has 0 aliphatic carbocycles. The van der Waals surface area contributed by atoms with Crippen LogP contribution in [0.15, 0.2) is 0 Å². The molecular weight excluding hydrogens is 586 g/mol. The minimum Gasteiger partial charge on any atom is -0.748 e. The van der Waals surface area contributed by atoms with Crippen LogP contribution >= 0.6 is 0 Å².